The number of benzene rings is 1. The van der Waals surface area contributed by atoms with Crippen molar-refractivity contribution in [1.82, 2.24) is 10.6 Å². The lowest BCUT2D eigenvalue weighted by molar-refractivity contribution is -0.159. The predicted octanol–water partition coefficient (Wildman–Crippen LogP) is 1.51. The molecule has 1 aromatic rings. The van der Waals surface area contributed by atoms with Crippen molar-refractivity contribution in [2.45, 2.75) is 58.4 Å². The molecule has 0 radical (unpaired) electrons. The van der Waals surface area contributed by atoms with Gasteiger partial charge in [-0.25, -0.2) is 9.59 Å². The number of amides is 2. The number of hydrogen-bond acceptors (Lipinski definition) is 8. The summed E-state index contributed by atoms with van der Waals surface area (Å²) in [4.78, 5) is 60.5. The second-order valence-corrected chi connectivity index (χ2v) is 7.98. The van der Waals surface area contributed by atoms with Crippen molar-refractivity contribution in [1.29, 1.82) is 0 Å². The number of ether oxygens (including phenoxy) is 3. The van der Waals surface area contributed by atoms with Gasteiger partial charge in [0.1, 0.15) is 30.6 Å². The van der Waals surface area contributed by atoms with Crippen molar-refractivity contribution in [3.8, 4) is 0 Å². The van der Waals surface area contributed by atoms with Crippen molar-refractivity contribution in [3.05, 3.63) is 35.9 Å². The molecule has 10 nitrogen and oxygen atoms in total. The molecule has 0 aliphatic carbocycles. The zero-order valence-corrected chi connectivity index (χ0v) is 18.9. The fourth-order valence-corrected chi connectivity index (χ4v) is 2.59. The number of rotatable bonds is 10. The maximum absolute atomic E-state index is 12.6. The van der Waals surface area contributed by atoms with E-state index in [9.17, 15) is 24.0 Å². The number of carbonyl (C=O) groups excluding carboxylic acids is 5. The van der Waals surface area contributed by atoms with Gasteiger partial charge in [0.2, 0.25) is 5.91 Å². The maximum atomic E-state index is 12.6. The molecule has 0 spiro atoms. The van der Waals surface area contributed by atoms with E-state index in [4.69, 9.17) is 14.2 Å². The molecule has 0 aromatic heterocycles. The van der Waals surface area contributed by atoms with Crippen molar-refractivity contribution < 1.29 is 38.2 Å². The summed E-state index contributed by atoms with van der Waals surface area (Å²) in [5, 5.41) is 4.69. The highest BCUT2D eigenvalue weighted by molar-refractivity contribution is 5.92. The number of hydrogen-bond donors (Lipinski definition) is 2. The number of aldehydes is 1. The normalized spacial score (nSPS) is 13.7. The highest BCUT2D eigenvalue weighted by Gasteiger charge is 2.38. The molecule has 0 saturated heterocycles. The average molecular weight is 450 g/mol. The van der Waals surface area contributed by atoms with Gasteiger partial charge >= 0.3 is 18.0 Å². The molecular weight excluding hydrogens is 420 g/mol. The van der Waals surface area contributed by atoms with E-state index in [-0.39, 0.29) is 13.0 Å². The lowest BCUT2D eigenvalue weighted by Gasteiger charge is -2.26. The van der Waals surface area contributed by atoms with Gasteiger partial charge in [0.15, 0.2) is 0 Å². The van der Waals surface area contributed by atoms with Gasteiger partial charge in [-0.3, -0.25) is 9.59 Å². The van der Waals surface area contributed by atoms with E-state index in [0.29, 0.717) is 11.8 Å². The van der Waals surface area contributed by atoms with E-state index in [1.807, 2.05) is 0 Å². The molecule has 0 fully saturated rings. The molecular formula is C22H30N2O8. The monoisotopic (exact) mass is 450 g/mol. The number of alkyl carbamates (subject to hydrolysis) is 1. The van der Waals surface area contributed by atoms with Crippen molar-refractivity contribution >= 4 is 30.2 Å². The zero-order valence-electron chi connectivity index (χ0n) is 18.9. The van der Waals surface area contributed by atoms with Crippen LogP contribution in [0.3, 0.4) is 0 Å². The Morgan fingerprint density at radius 3 is 2.19 bits per heavy atom. The Morgan fingerprint density at radius 2 is 1.66 bits per heavy atom. The third kappa shape index (κ3) is 9.15. The SMILES string of the molecule is COC(=O)[C@@H](NC(=O)[C@H](C)NC(=O)OC(C)(C)C)[C@@H](CC=O)C(=O)OCc1ccccc1. The van der Waals surface area contributed by atoms with Crippen molar-refractivity contribution in [2.75, 3.05) is 7.11 Å². The molecule has 176 valence electrons. The average Bonchev–Trinajstić information content (AvgIpc) is 2.73. The van der Waals surface area contributed by atoms with Crippen LogP contribution in [0.1, 0.15) is 39.7 Å². The van der Waals surface area contributed by atoms with Crippen LogP contribution < -0.4 is 10.6 Å². The van der Waals surface area contributed by atoms with Gasteiger partial charge < -0.3 is 29.6 Å². The molecule has 3 atom stereocenters. The minimum absolute atomic E-state index is 0.0759. The molecule has 1 rings (SSSR count). The highest BCUT2D eigenvalue weighted by atomic mass is 16.6. The first kappa shape index (κ1) is 26.6. The Labute approximate surface area is 187 Å². The smallest absolute Gasteiger partial charge is 0.408 e. The topological polar surface area (TPSA) is 137 Å². The largest absolute Gasteiger partial charge is 0.467 e. The van der Waals surface area contributed by atoms with Gasteiger partial charge in [-0.1, -0.05) is 30.3 Å². The molecule has 0 aliphatic rings. The Kier molecular flexibility index (Phi) is 10.3. The predicted molar refractivity (Wildman–Crippen MR) is 113 cm³/mol. The molecule has 0 saturated carbocycles. The van der Waals surface area contributed by atoms with E-state index in [1.165, 1.54) is 6.92 Å². The van der Waals surface area contributed by atoms with Crippen LogP contribution in [0.25, 0.3) is 0 Å². The Hall–Kier alpha value is -3.43. The summed E-state index contributed by atoms with van der Waals surface area (Å²) in [6, 6.07) is 6.22. The zero-order chi connectivity index (χ0) is 24.3. The number of nitrogens with one attached hydrogen (secondary N) is 2. The van der Waals surface area contributed by atoms with Gasteiger partial charge in [0, 0.05) is 6.42 Å². The summed E-state index contributed by atoms with van der Waals surface area (Å²) >= 11 is 0. The fraction of sp³-hybridized carbons (Fsp3) is 0.500. The Morgan fingerprint density at radius 1 is 1.03 bits per heavy atom. The van der Waals surface area contributed by atoms with E-state index >= 15 is 0 Å². The minimum Gasteiger partial charge on any atom is -0.467 e. The number of carbonyl (C=O) groups is 5. The first-order valence-electron chi connectivity index (χ1n) is 10.0. The van der Waals surface area contributed by atoms with Crippen LogP contribution in [-0.4, -0.2) is 55.0 Å². The van der Waals surface area contributed by atoms with Crippen LogP contribution in [0.2, 0.25) is 0 Å². The van der Waals surface area contributed by atoms with E-state index < -0.39 is 47.5 Å². The number of methoxy groups -OCH3 is 1. The molecule has 0 heterocycles. The second-order valence-electron chi connectivity index (χ2n) is 7.98. The number of esters is 2. The first-order chi connectivity index (χ1) is 15.0. The molecule has 0 bridgehead atoms. The lowest BCUT2D eigenvalue weighted by atomic mass is 9.96. The van der Waals surface area contributed by atoms with Gasteiger partial charge in [-0.15, -0.1) is 0 Å². The summed E-state index contributed by atoms with van der Waals surface area (Å²) < 4.78 is 15.0. The quantitative estimate of drug-likeness (QED) is 0.311. The van der Waals surface area contributed by atoms with E-state index in [1.54, 1.807) is 51.1 Å². The second kappa shape index (κ2) is 12.4. The van der Waals surface area contributed by atoms with Gasteiger partial charge in [0.25, 0.3) is 0 Å². The Balaban J connectivity index is 2.90. The van der Waals surface area contributed by atoms with Gasteiger partial charge in [0.05, 0.1) is 13.0 Å². The summed E-state index contributed by atoms with van der Waals surface area (Å²) in [7, 11) is 1.08. The van der Waals surface area contributed by atoms with Crippen LogP contribution in [-0.2, 0) is 40.0 Å². The Bertz CT molecular complexity index is 804. The summed E-state index contributed by atoms with van der Waals surface area (Å²) in [6.07, 6.45) is -0.776. The van der Waals surface area contributed by atoms with Gasteiger partial charge in [-0.05, 0) is 33.3 Å². The summed E-state index contributed by atoms with van der Waals surface area (Å²) in [6.45, 7) is 6.28. The molecule has 32 heavy (non-hydrogen) atoms. The summed E-state index contributed by atoms with van der Waals surface area (Å²) in [5.41, 5.74) is -0.0635. The molecule has 2 N–H and O–H groups in total. The fourth-order valence-electron chi connectivity index (χ4n) is 2.59. The molecule has 2 amide bonds. The summed E-state index contributed by atoms with van der Waals surface area (Å²) in [5.74, 6) is -3.89. The highest BCUT2D eigenvalue weighted by Crippen LogP contribution is 2.15. The van der Waals surface area contributed by atoms with Crippen molar-refractivity contribution in [3.63, 3.8) is 0 Å². The van der Waals surface area contributed by atoms with Crippen LogP contribution in [0.5, 0.6) is 0 Å². The molecule has 1 aromatic carbocycles. The lowest BCUT2D eigenvalue weighted by Crippen LogP contribution is -2.55. The van der Waals surface area contributed by atoms with Crippen LogP contribution in [0, 0.1) is 5.92 Å². The minimum atomic E-state index is -1.50. The standard InChI is InChI=1S/C22H30N2O8/c1-14(23-21(29)32-22(2,3)4)18(26)24-17(20(28)30-5)16(11-12-25)19(27)31-13-15-9-7-6-8-10-15/h6-10,12,14,16-17H,11,13H2,1-5H3,(H,23,29)(H,24,26)/t14-,16+,17-/m0/s1. The van der Waals surface area contributed by atoms with Crippen LogP contribution in [0.15, 0.2) is 30.3 Å². The van der Waals surface area contributed by atoms with Crippen LogP contribution >= 0.6 is 0 Å². The van der Waals surface area contributed by atoms with E-state index in [0.717, 1.165) is 7.11 Å². The maximum Gasteiger partial charge on any atom is 0.408 e. The third-order valence-electron chi connectivity index (χ3n) is 4.16. The van der Waals surface area contributed by atoms with Crippen LogP contribution in [0.4, 0.5) is 4.79 Å². The molecule has 0 aliphatic heterocycles. The molecule has 10 heteroatoms. The van der Waals surface area contributed by atoms with Gasteiger partial charge in [-0.2, -0.15) is 0 Å². The van der Waals surface area contributed by atoms with E-state index in [2.05, 4.69) is 10.6 Å². The third-order valence-corrected chi connectivity index (χ3v) is 4.16. The first-order valence-corrected chi connectivity index (χ1v) is 10.0. The molecule has 0 unspecified atom stereocenters. The van der Waals surface area contributed by atoms with Crippen molar-refractivity contribution in [2.24, 2.45) is 5.92 Å².